The molecule has 3 N–H and O–H groups in total. The summed E-state index contributed by atoms with van der Waals surface area (Å²) in [5.41, 5.74) is 3.96. The van der Waals surface area contributed by atoms with Gasteiger partial charge >= 0.3 is 6.03 Å². The molecule has 0 bridgehead atoms. The highest BCUT2D eigenvalue weighted by molar-refractivity contribution is 6.05. The Balaban J connectivity index is 1.38. The van der Waals surface area contributed by atoms with Gasteiger partial charge in [0.1, 0.15) is 6.04 Å². The Kier molecular flexibility index (Phi) is 5.22. The predicted octanol–water partition coefficient (Wildman–Crippen LogP) is 2.08. The number of hydrogen-bond donors (Lipinski definition) is 3. The van der Waals surface area contributed by atoms with E-state index in [0.29, 0.717) is 24.2 Å². The number of piperidine rings is 1. The Bertz CT molecular complexity index is 1030. The van der Waals surface area contributed by atoms with Crippen LogP contribution in [0.2, 0.25) is 0 Å². The summed E-state index contributed by atoms with van der Waals surface area (Å²) < 4.78 is 0. The number of rotatable bonds is 4. The number of carbonyl (C=O) groups is 4. The lowest BCUT2D eigenvalue weighted by atomic mass is 10.0. The molecule has 2 heterocycles. The van der Waals surface area contributed by atoms with Crippen molar-refractivity contribution in [3.05, 3.63) is 64.7 Å². The molecule has 0 spiro atoms. The highest BCUT2D eigenvalue weighted by Gasteiger charge is 2.39. The van der Waals surface area contributed by atoms with E-state index >= 15 is 0 Å². The van der Waals surface area contributed by atoms with Crippen LogP contribution in [0.25, 0.3) is 0 Å². The molecule has 154 valence electrons. The van der Waals surface area contributed by atoms with Gasteiger partial charge in [0.2, 0.25) is 11.8 Å². The van der Waals surface area contributed by atoms with E-state index in [9.17, 15) is 19.2 Å². The third kappa shape index (κ3) is 4.03. The van der Waals surface area contributed by atoms with E-state index in [2.05, 4.69) is 16.0 Å². The number of benzene rings is 2. The van der Waals surface area contributed by atoms with Crippen molar-refractivity contribution in [1.82, 2.24) is 15.5 Å². The molecule has 2 aliphatic rings. The maximum Gasteiger partial charge on any atom is 0.319 e. The van der Waals surface area contributed by atoms with Crippen LogP contribution in [0, 0.1) is 6.92 Å². The molecule has 0 aliphatic carbocycles. The quantitative estimate of drug-likeness (QED) is 0.676. The van der Waals surface area contributed by atoms with Gasteiger partial charge in [-0.15, -0.1) is 0 Å². The van der Waals surface area contributed by atoms with Crippen LogP contribution in [-0.2, 0) is 22.7 Å². The molecule has 8 heteroatoms. The predicted molar refractivity (Wildman–Crippen MR) is 110 cm³/mol. The highest BCUT2D eigenvalue weighted by Crippen LogP contribution is 2.29. The average molecular weight is 406 g/mol. The maximum atomic E-state index is 12.7. The summed E-state index contributed by atoms with van der Waals surface area (Å²) in [5, 5.41) is 7.86. The molecule has 1 fully saturated rings. The van der Waals surface area contributed by atoms with Crippen molar-refractivity contribution in [2.45, 2.75) is 38.9 Å². The highest BCUT2D eigenvalue weighted by atomic mass is 16.2. The number of nitrogens with zero attached hydrogens (tertiary/aromatic N) is 1. The molecule has 4 rings (SSSR count). The molecule has 2 aliphatic heterocycles. The molecule has 2 aromatic rings. The van der Waals surface area contributed by atoms with E-state index in [-0.39, 0.29) is 30.8 Å². The summed E-state index contributed by atoms with van der Waals surface area (Å²) in [4.78, 5) is 49.9. The number of nitrogens with one attached hydrogen (secondary N) is 3. The third-order valence-electron chi connectivity index (χ3n) is 5.36. The van der Waals surface area contributed by atoms with Gasteiger partial charge in [-0.05, 0) is 42.7 Å². The summed E-state index contributed by atoms with van der Waals surface area (Å²) >= 11 is 0. The zero-order valence-electron chi connectivity index (χ0n) is 16.5. The fourth-order valence-electron chi connectivity index (χ4n) is 3.72. The van der Waals surface area contributed by atoms with Crippen LogP contribution in [0.1, 0.15) is 39.9 Å². The van der Waals surface area contributed by atoms with Crippen LogP contribution in [0.15, 0.2) is 42.5 Å². The number of hydrogen-bond acceptors (Lipinski definition) is 4. The molecule has 2 aromatic carbocycles. The molecule has 8 nitrogen and oxygen atoms in total. The number of imide groups is 1. The second-order valence-corrected chi connectivity index (χ2v) is 7.57. The van der Waals surface area contributed by atoms with Crippen molar-refractivity contribution in [3.8, 4) is 0 Å². The van der Waals surface area contributed by atoms with Crippen molar-refractivity contribution < 1.29 is 19.2 Å². The van der Waals surface area contributed by atoms with E-state index in [1.165, 1.54) is 4.90 Å². The van der Waals surface area contributed by atoms with Crippen molar-refractivity contribution in [1.29, 1.82) is 0 Å². The van der Waals surface area contributed by atoms with E-state index in [0.717, 1.165) is 16.7 Å². The van der Waals surface area contributed by atoms with Crippen LogP contribution in [-0.4, -0.2) is 34.7 Å². The van der Waals surface area contributed by atoms with Gasteiger partial charge in [-0.2, -0.15) is 0 Å². The first-order valence-corrected chi connectivity index (χ1v) is 9.79. The van der Waals surface area contributed by atoms with Crippen LogP contribution in [0.4, 0.5) is 10.5 Å². The average Bonchev–Trinajstić information content (AvgIpc) is 3.03. The van der Waals surface area contributed by atoms with Crippen LogP contribution < -0.4 is 16.0 Å². The van der Waals surface area contributed by atoms with Gasteiger partial charge in [-0.1, -0.05) is 29.8 Å². The van der Waals surface area contributed by atoms with Crippen molar-refractivity contribution in [2.24, 2.45) is 0 Å². The van der Waals surface area contributed by atoms with Crippen LogP contribution in [0.5, 0.6) is 0 Å². The Morgan fingerprint density at radius 2 is 1.90 bits per heavy atom. The lowest BCUT2D eigenvalue weighted by Gasteiger charge is -2.29. The fourth-order valence-corrected chi connectivity index (χ4v) is 3.72. The molecule has 1 unspecified atom stereocenters. The van der Waals surface area contributed by atoms with Crippen LogP contribution in [0.3, 0.4) is 0 Å². The number of aryl methyl sites for hydroxylation is 1. The largest absolute Gasteiger partial charge is 0.334 e. The standard InChI is InChI=1S/C22H22N4O4/c1-13-2-4-14(5-3-13)11-23-22(30)24-16-6-7-17-15(10-16)12-26(21(17)29)18-8-9-19(27)25-20(18)28/h2-7,10,18H,8-9,11-12H2,1H3,(H2,23,24,30)(H,25,27,28). The fraction of sp³-hybridized carbons (Fsp3) is 0.273. The zero-order chi connectivity index (χ0) is 21.3. The number of carbonyl (C=O) groups excluding carboxylic acids is 4. The maximum absolute atomic E-state index is 12.7. The van der Waals surface area contributed by atoms with Gasteiger partial charge in [-0.3, -0.25) is 19.7 Å². The first kappa shape index (κ1) is 19.6. The summed E-state index contributed by atoms with van der Waals surface area (Å²) in [6, 6.07) is 11.9. The Labute approximate surface area is 173 Å². The zero-order valence-corrected chi connectivity index (χ0v) is 16.5. The van der Waals surface area contributed by atoms with Crippen molar-refractivity contribution >= 4 is 29.4 Å². The van der Waals surface area contributed by atoms with Crippen molar-refractivity contribution in [3.63, 3.8) is 0 Å². The molecule has 0 aromatic heterocycles. The second-order valence-electron chi connectivity index (χ2n) is 7.57. The summed E-state index contributed by atoms with van der Waals surface area (Å²) in [6.45, 7) is 2.67. The van der Waals surface area contributed by atoms with E-state index in [1.54, 1.807) is 18.2 Å². The van der Waals surface area contributed by atoms with Gasteiger partial charge in [0, 0.05) is 30.8 Å². The number of anilines is 1. The summed E-state index contributed by atoms with van der Waals surface area (Å²) in [6.07, 6.45) is 0.529. The van der Waals surface area contributed by atoms with Crippen molar-refractivity contribution in [2.75, 3.05) is 5.32 Å². The Hall–Kier alpha value is -3.68. The SMILES string of the molecule is Cc1ccc(CNC(=O)Nc2ccc3c(c2)CN(C2CCC(=O)NC2=O)C3=O)cc1. The molecule has 1 saturated heterocycles. The lowest BCUT2D eigenvalue weighted by Crippen LogP contribution is -2.52. The number of urea groups is 1. The molecular formula is C22H22N4O4. The van der Waals surface area contributed by atoms with Gasteiger partial charge < -0.3 is 15.5 Å². The lowest BCUT2D eigenvalue weighted by molar-refractivity contribution is -0.136. The monoisotopic (exact) mass is 406 g/mol. The van der Waals surface area contributed by atoms with Gasteiger partial charge in [0.15, 0.2) is 0 Å². The van der Waals surface area contributed by atoms with Gasteiger partial charge in [0.25, 0.3) is 5.91 Å². The third-order valence-corrected chi connectivity index (χ3v) is 5.36. The smallest absolute Gasteiger partial charge is 0.319 e. The van der Waals surface area contributed by atoms with Gasteiger partial charge in [-0.25, -0.2) is 4.79 Å². The summed E-state index contributed by atoms with van der Waals surface area (Å²) in [5.74, 6) is -1.00. The number of fused-ring (bicyclic) bond motifs is 1. The van der Waals surface area contributed by atoms with E-state index < -0.39 is 11.9 Å². The van der Waals surface area contributed by atoms with Crippen LogP contribution >= 0.6 is 0 Å². The summed E-state index contributed by atoms with van der Waals surface area (Å²) in [7, 11) is 0. The molecule has 30 heavy (non-hydrogen) atoms. The Morgan fingerprint density at radius 3 is 2.63 bits per heavy atom. The van der Waals surface area contributed by atoms with E-state index in [4.69, 9.17) is 0 Å². The molecule has 0 saturated carbocycles. The molecular weight excluding hydrogens is 384 g/mol. The minimum absolute atomic E-state index is 0.213. The normalized spacial score (nSPS) is 18.1. The molecule has 1 atom stereocenters. The molecule has 5 amide bonds. The number of amides is 5. The second kappa shape index (κ2) is 7.98. The minimum atomic E-state index is -0.656. The molecule has 0 radical (unpaired) electrons. The Morgan fingerprint density at radius 1 is 1.13 bits per heavy atom. The van der Waals surface area contributed by atoms with E-state index in [1.807, 2.05) is 31.2 Å². The topological polar surface area (TPSA) is 108 Å². The first-order chi connectivity index (χ1) is 14.4. The van der Waals surface area contributed by atoms with Gasteiger partial charge in [0.05, 0.1) is 0 Å². The first-order valence-electron chi connectivity index (χ1n) is 9.79. The minimum Gasteiger partial charge on any atom is -0.334 e.